The molecule has 0 radical (unpaired) electrons. The summed E-state index contributed by atoms with van der Waals surface area (Å²) in [6.07, 6.45) is 4.26. The number of nitrogens with one attached hydrogen (secondary N) is 2. The molecular formula is C24H27N3O4. The predicted molar refractivity (Wildman–Crippen MR) is 117 cm³/mol. The lowest BCUT2D eigenvalue weighted by molar-refractivity contribution is -0.133. The van der Waals surface area contributed by atoms with E-state index in [0.29, 0.717) is 18.5 Å². The van der Waals surface area contributed by atoms with Crippen LogP contribution in [0.4, 0.5) is 10.5 Å². The van der Waals surface area contributed by atoms with Gasteiger partial charge in [0.05, 0.1) is 7.11 Å². The highest BCUT2D eigenvalue weighted by atomic mass is 16.5. The average Bonchev–Trinajstić information content (AvgIpc) is 3.31. The van der Waals surface area contributed by atoms with Crippen molar-refractivity contribution < 1.29 is 19.1 Å². The van der Waals surface area contributed by atoms with Gasteiger partial charge < -0.3 is 15.4 Å². The number of urea groups is 1. The number of nitrogens with zero attached hydrogens (tertiary/aromatic N) is 1. The summed E-state index contributed by atoms with van der Waals surface area (Å²) in [6, 6.07) is 12.9. The molecule has 1 saturated heterocycles. The highest BCUT2D eigenvalue weighted by molar-refractivity contribution is 6.09. The van der Waals surface area contributed by atoms with Crippen LogP contribution in [0, 0.1) is 0 Å². The van der Waals surface area contributed by atoms with Crippen molar-refractivity contribution in [3.63, 3.8) is 0 Å². The molecule has 4 rings (SSSR count). The van der Waals surface area contributed by atoms with Gasteiger partial charge in [0.2, 0.25) is 5.91 Å². The van der Waals surface area contributed by atoms with E-state index in [0.717, 1.165) is 35.5 Å². The van der Waals surface area contributed by atoms with E-state index >= 15 is 0 Å². The first-order chi connectivity index (χ1) is 14.9. The SMILES string of the molecule is COc1ccc(CC[C@@]2(C)NC(=O)N(CC(=O)Nc3ccc4c(c3)CCC4)C2=O)cc1. The number of anilines is 1. The predicted octanol–water partition coefficient (Wildman–Crippen LogP) is 3.07. The van der Waals surface area contributed by atoms with Gasteiger partial charge in [-0.2, -0.15) is 0 Å². The van der Waals surface area contributed by atoms with Gasteiger partial charge in [-0.15, -0.1) is 0 Å². The van der Waals surface area contributed by atoms with Gasteiger partial charge in [-0.05, 0) is 80.0 Å². The van der Waals surface area contributed by atoms with Crippen molar-refractivity contribution in [2.24, 2.45) is 0 Å². The van der Waals surface area contributed by atoms with Crippen molar-refractivity contribution in [1.29, 1.82) is 0 Å². The standard InChI is InChI=1S/C24H27N3O4/c1-24(13-12-16-6-10-20(31-2)11-7-16)22(29)27(23(30)26-24)15-21(28)25-19-9-8-17-4-3-5-18(17)14-19/h6-11,14H,3-5,12-13,15H2,1-2H3,(H,25,28)(H,26,30)/t24-/m1/s1. The summed E-state index contributed by atoms with van der Waals surface area (Å²) in [5, 5.41) is 5.57. The number of ether oxygens (including phenoxy) is 1. The monoisotopic (exact) mass is 421 g/mol. The summed E-state index contributed by atoms with van der Waals surface area (Å²) in [7, 11) is 1.61. The molecule has 0 bridgehead atoms. The van der Waals surface area contributed by atoms with Crippen LogP contribution in [0.3, 0.4) is 0 Å². The third kappa shape index (κ3) is 4.40. The average molecular weight is 421 g/mol. The second kappa shape index (κ2) is 8.41. The molecule has 0 aromatic heterocycles. The van der Waals surface area contributed by atoms with E-state index in [1.807, 2.05) is 42.5 Å². The number of hydrogen-bond donors (Lipinski definition) is 2. The van der Waals surface area contributed by atoms with Gasteiger partial charge in [0.25, 0.3) is 5.91 Å². The Morgan fingerprint density at radius 2 is 1.87 bits per heavy atom. The van der Waals surface area contributed by atoms with Crippen LogP contribution in [-0.4, -0.2) is 41.9 Å². The number of carbonyl (C=O) groups is 3. The van der Waals surface area contributed by atoms with Gasteiger partial charge in [0.15, 0.2) is 0 Å². The Bertz CT molecular complexity index is 1020. The first-order valence-electron chi connectivity index (χ1n) is 10.6. The smallest absolute Gasteiger partial charge is 0.325 e. The van der Waals surface area contributed by atoms with Gasteiger partial charge in [0, 0.05) is 5.69 Å². The molecule has 0 spiro atoms. The zero-order valence-electron chi connectivity index (χ0n) is 17.9. The van der Waals surface area contributed by atoms with E-state index in [4.69, 9.17) is 4.74 Å². The largest absolute Gasteiger partial charge is 0.497 e. The molecule has 1 aliphatic carbocycles. The van der Waals surface area contributed by atoms with Crippen LogP contribution in [0.15, 0.2) is 42.5 Å². The van der Waals surface area contributed by atoms with Crippen LogP contribution >= 0.6 is 0 Å². The number of carbonyl (C=O) groups excluding carboxylic acids is 3. The van der Waals surface area contributed by atoms with Crippen molar-refractivity contribution >= 4 is 23.5 Å². The molecule has 1 aliphatic heterocycles. The van der Waals surface area contributed by atoms with Crippen molar-refractivity contribution in [3.8, 4) is 5.75 Å². The molecule has 1 fully saturated rings. The Balaban J connectivity index is 1.36. The maximum atomic E-state index is 12.9. The Hall–Kier alpha value is -3.35. The maximum Gasteiger partial charge on any atom is 0.325 e. The van der Waals surface area contributed by atoms with Crippen LogP contribution < -0.4 is 15.4 Å². The fraction of sp³-hybridized carbons (Fsp3) is 0.375. The van der Waals surface area contributed by atoms with E-state index in [2.05, 4.69) is 10.6 Å². The summed E-state index contributed by atoms with van der Waals surface area (Å²) < 4.78 is 5.16. The van der Waals surface area contributed by atoms with Gasteiger partial charge in [-0.25, -0.2) is 4.79 Å². The molecule has 7 nitrogen and oxygen atoms in total. The number of hydrogen-bond acceptors (Lipinski definition) is 4. The summed E-state index contributed by atoms with van der Waals surface area (Å²) in [6.45, 7) is 1.40. The number of benzene rings is 2. The van der Waals surface area contributed by atoms with E-state index in [1.165, 1.54) is 11.1 Å². The van der Waals surface area contributed by atoms with Gasteiger partial charge in [-0.1, -0.05) is 18.2 Å². The molecule has 31 heavy (non-hydrogen) atoms. The summed E-state index contributed by atoms with van der Waals surface area (Å²) in [5.41, 5.74) is 3.26. The lowest BCUT2D eigenvalue weighted by Crippen LogP contribution is -2.45. The minimum Gasteiger partial charge on any atom is -0.497 e. The molecule has 4 amide bonds. The Morgan fingerprint density at radius 3 is 2.61 bits per heavy atom. The van der Waals surface area contributed by atoms with Crippen LogP contribution in [0.5, 0.6) is 5.75 Å². The van der Waals surface area contributed by atoms with Crippen LogP contribution in [0.1, 0.15) is 36.5 Å². The molecule has 0 saturated carbocycles. The van der Waals surface area contributed by atoms with Gasteiger partial charge in [0.1, 0.15) is 17.8 Å². The lowest BCUT2D eigenvalue weighted by atomic mass is 9.93. The highest BCUT2D eigenvalue weighted by Gasteiger charge is 2.47. The van der Waals surface area contributed by atoms with Crippen LogP contribution in [-0.2, 0) is 28.9 Å². The molecule has 2 aliphatic rings. The number of rotatable bonds is 7. The number of fused-ring (bicyclic) bond motifs is 1. The number of imide groups is 1. The van der Waals surface area contributed by atoms with Gasteiger partial charge in [-0.3, -0.25) is 14.5 Å². The lowest BCUT2D eigenvalue weighted by Gasteiger charge is -2.21. The molecule has 162 valence electrons. The Kier molecular flexibility index (Phi) is 5.67. The molecule has 0 unspecified atom stereocenters. The third-order valence-electron chi connectivity index (χ3n) is 6.10. The molecule has 1 heterocycles. The highest BCUT2D eigenvalue weighted by Crippen LogP contribution is 2.26. The van der Waals surface area contributed by atoms with Crippen LogP contribution in [0.25, 0.3) is 0 Å². The summed E-state index contributed by atoms with van der Waals surface area (Å²) in [5.74, 6) is -0.00303. The Morgan fingerprint density at radius 1 is 1.13 bits per heavy atom. The second-order valence-corrected chi connectivity index (χ2v) is 8.39. The fourth-order valence-electron chi connectivity index (χ4n) is 4.24. The van der Waals surface area contributed by atoms with Crippen LogP contribution in [0.2, 0.25) is 0 Å². The molecule has 7 heteroatoms. The number of aryl methyl sites for hydroxylation is 3. The normalized spacial score (nSPS) is 19.9. The van der Waals surface area contributed by atoms with E-state index in [9.17, 15) is 14.4 Å². The molecule has 1 atom stereocenters. The molecule has 2 N–H and O–H groups in total. The maximum absolute atomic E-state index is 12.9. The van der Waals surface area contributed by atoms with E-state index in [1.54, 1.807) is 14.0 Å². The van der Waals surface area contributed by atoms with Crippen molar-refractivity contribution in [2.75, 3.05) is 19.0 Å². The quantitative estimate of drug-likeness (QED) is 0.673. The topological polar surface area (TPSA) is 87.7 Å². The second-order valence-electron chi connectivity index (χ2n) is 8.39. The summed E-state index contributed by atoms with van der Waals surface area (Å²) >= 11 is 0. The van der Waals surface area contributed by atoms with Crippen molar-refractivity contribution in [3.05, 3.63) is 59.2 Å². The molecular weight excluding hydrogens is 394 g/mol. The molecule has 2 aromatic rings. The zero-order chi connectivity index (χ0) is 22.0. The fourth-order valence-corrected chi connectivity index (χ4v) is 4.24. The Labute approximate surface area is 181 Å². The minimum absolute atomic E-state index is 0.306. The minimum atomic E-state index is -1.04. The summed E-state index contributed by atoms with van der Waals surface area (Å²) in [4.78, 5) is 38.9. The first kappa shape index (κ1) is 20.9. The number of amides is 4. The van der Waals surface area contributed by atoms with E-state index in [-0.39, 0.29) is 18.4 Å². The number of methoxy groups -OCH3 is 1. The van der Waals surface area contributed by atoms with E-state index < -0.39 is 11.6 Å². The first-order valence-corrected chi connectivity index (χ1v) is 10.6. The van der Waals surface area contributed by atoms with Crippen molar-refractivity contribution in [1.82, 2.24) is 10.2 Å². The zero-order valence-corrected chi connectivity index (χ0v) is 17.9. The van der Waals surface area contributed by atoms with Crippen molar-refractivity contribution in [2.45, 2.75) is 44.6 Å². The van der Waals surface area contributed by atoms with Gasteiger partial charge >= 0.3 is 6.03 Å². The molecule has 2 aromatic carbocycles. The third-order valence-corrected chi connectivity index (χ3v) is 6.10.